The van der Waals surface area contributed by atoms with E-state index < -0.39 is 26.1 Å². The fraction of sp³-hybridized carbons (Fsp3) is 0.423. The Bertz CT molecular complexity index is 1400. The van der Waals surface area contributed by atoms with Gasteiger partial charge >= 0.3 is 5.97 Å². The number of benzene rings is 1. The monoisotopic (exact) mass is 477 g/mol. The van der Waals surface area contributed by atoms with Gasteiger partial charge in [-0.1, -0.05) is 38.7 Å². The molecule has 2 aliphatic rings. The number of anilines is 1. The van der Waals surface area contributed by atoms with E-state index in [0.717, 1.165) is 40.2 Å². The van der Waals surface area contributed by atoms with Crippen LogP contribution in [0.2, 0.25) is 25.7 Å². The van der Waals surface area contributed by atoms with E-state index in [-0.39, 0.29) is 12.2 Å². The number of hydrogen-bond donors (Lipinski definition) is 2. The summed E-state index contributed by atoms with van der Waals surface area (Å²) in [5.74, 6) is -0.486. The molecule has 3 N–H and O–H groups in total. The first-order valence-electron chi connectivity index (χ1n) is 11.9. The number of pyridine rings is 2. The molecule has 8 heteroatoms. The topological polar surface area (TPSA) is 107 Å². The number of esters is 1. The van der Waals surface area contributed by atoms with Gasteiger partial charge in [-0.25, -0.2) is 4.98 Å². The third kappa shape index (κ3) is 3.31. The third-order valence-electron chi connectivity index (χ3n) is 7.42. The first-order chi connectivity index (χ1) is 16.1. The Morgan fingerprint density at radius 2 is 2.00 bits per heavy atom. The highest BCUT2D eigenvalue weighted by atomic mass is 28.3. The second kappa shape index (κ2) is 7.78. The molecule has 2 aliphatic heterocycles. The van der Waals surface area contributed by atoms with Gasteiger partial charge in [-0.15, -0.1) is 0 Å². The lowest BCUT2D eigenvalue weighted by atomic mass is 9.75. The van der Waals surface area contributed by atoms with Gasteiger partial charge in [-0.3, -0.25) is 9.59 Å². The standard InChI is InChI=1S/C26H31N3O4Si/c1-5-26(14-30)19-11-21-23-16(12-29(21)24(31)18(19)13-33-25(26)32)10-17-20(27)7-6-15(22(17)28-23)8-9-34(2,3)4/h6-7,10-11,30H,5,8-9,12-14,27H2,1-4H3. The Morgan fingerprint density at radius 1 is 1.24 bits per heavy atom. The number of carbonyl (C=O) groups is 1. The average Bonchev–Trinajstić information content (AvgIpc) is 3.16. The van der Waals surface area contributed by atoms with Crippen molar-refractivity contribution >= 4 is 30.6 Å². The van der Waals surface area contributed by atoms with E-state index in [1.807, 2.05) is 19.1 Å². The van der Waals surface area contributed by atoms with Crippen LogP contribution in [0.4, 0.5) is 5.69 Å². The molecule has 0 bridgehead atoms. The fourth-order valence-corrected chi connectivity index (χ4v) is 6.21. The number of hydrogen-bond acceptors (Lipinski definition) is 6. The Kier molecular flexibility index (Phi) is 5.22. The molecule has 0 aliphatic carbocycles. The van der Waals surface area contributed by atoms with E-state index in [1.165, 1.54) is 0 Å². The minimum Gasteiger partial charge on any atom is -0.460 e. The van der Waals surface area contributed by atoms with Crippen molar-refractivity contribution in [2.45, 2.75) is 64.0 Å². The summed E-state index contributed by atoms with van der Waals surface area (Å²) in [4.78, 5) is 31.2. The van der Waals surface area contributed by atoms with Crippen LogP contribution in [0, 0.1) is 0 Å². The summed E-state index contributed by atoms with van der Waals surface area (Å²) in [7, 11) is -1.25. The lowest BCUT2D eigenvalue weighted by molar-refractivity contribution is -0.156. The predicted octanol–water partition coefficient (Wildman–Crippen LogP) is 3.59. The van der Waals surface area contributed by atoms with E-state index in [4.69, 9.17) is 15.5 Å². The van der Waals surface area contributed by atoms with Gasteiger partial charge < -0.3 is 20.1 Å². The highest BCUT2D eigenvalue weighted by molar-refractivity contribution is 6.76. The van der Waals surface area contributed by atoms with Crippen molar-refractivity contribution in [2.24, 2.45) is 0 Å². The van der Waals surface area contributed by atoms with Crippen LogP contribution in [0.15, 0.2) is 29.1 Å². The third-order valence-corrected chi connectivity index (χ3v) is 9.17. The fourth-order valence-electron chi connectivity index (χ4n) is 5.19. The van der Waals surface area contributed by atoms with Gasteiger partial charge in [0.25, 0.3) is 5.56 Å². The van der Waals surface area contributed by atoms with Crippen molar-refractivity contribution in [3.05, 3.63) is 56.9 Å². The van der Waals surface area contributed by atoms with Crippen molar-refractivity contribution in [1.82, 2.24) is 9.55 Å². The van der Waals surface area contributed by atoms with E-state index >= 15 is 0 Å². The van der Waals surface area contributed by atoms with Crippen molar-refractivity contribution in [2.75, 3.05) is 12.3 Å². The van der Waals surface area contributed by atoms with Crippen molar-refractivity contribution in [3.8, 4) is 11.4 Å². The van der Waals surface area contributed by atoms with Crippen LogP contribution in [0.5, 0.6) is 0 Å². The number of fused-ring (bicyclic) bond motifs is 5. The number of nitrogen functional groups attached to an aromatic ring is 1. The molecule has 7 nitrogen and oxygen atoms in total. The zero-order chi connectivity index (χ0) is 24.4. The van der Waals surface area contributed by atoms with E-state index in [0.29, 0.717) is 35.5 Å². The largest absolute Gasteiger partial charge is 0.460 e. The van der Waals surface area contributed by atoms with Crippen LogP contribution >= 0.6 is 0 Å². The van der Waals surface area contributed by atoms with Gasteiger partial charge in [0.05, 0.1) is 35.6 Å². The molecule has 0 spiro atoms. The van der Waals surface area contributed by atoms with Crippen LogP contribution < -0.4 is 11.3 Å². The molecule has 0 saturated carbocycles. The number of ether oxygens (including phenoxy) is 1. The Hall–Kier alpha value is -2.97. The number of aliphatic hydroxyl groups is 1. The highest BCUT2D eigenvalue weighted by Crippen LogP contribution is 2.40. The number of aliphatic hydroxyl groups excluding tert-OH is 1. The first-order valence-corrected chi connectivity index (χ1v) is 15.6. The molecule has 3 aromatic rings. The number of nitrogens with zero attached hydrogens (tertiary/aromatic N) is 2. The molecule has 178 valence electrons. The second-order valence-corrected chi connectivity index (χ2v) is 16.4. The zero-order valence-corrected chi connectivity index (χ0v) is 21.2. The summed E-state index contributed by atoms with van der Waals surface area (Å²) in [5, 5.41) is 11.1. The normalized spacial score (nSPS) is 19.0. The van der Waals surface area contributed by atoms with Crippen molar-refractivity contribution < 1.29 is 14.6 Å². The van der Waals surface area contributed by atoms with Crippen LogP contribution in [-0.2, 0) is 34.5 Å². The number of cyclic esters (lactones) is 1. The molecule has 4 heterocycles. The maximum absolute atomic E-state index is 13.5. The van der Waals surface area contributed by atoms with Gasteiger partial charge in [0, 0.05) is 24.7 Å². The van der Waals surface area contributed by atoms with E-state index in [1.54, 1.807) is 4.57 Å². The average molecular weight is 478 g/mol. The molecule has 0 fully saturated rings. The van der Waals surface area contributed by atoms with Gasteiger partial charge in [0.2, 0.25) is 0 Å². The van der Waals surface area contributed by atoms with E-state index in [2.05, 4.69) is 31.8 Å². The maximum Gasteiger partial charge on any atom is 0.319 e. The molecular weight excluding hydrogens is 446 g/mol. The molecule has 1 aromatic carbocycles. The highest BCUT2D eigenvalue weighted by Gasteiger charge is 2.46. The summed E-state index contributed by atoms with van der Waals surface area (Å²) in [6, 6.07) is 9.08. The quantitative estimate of drug-likeness (QED) is 0.258. The van der Waals surface area contributed by atoms with Crippen LogP contribution in [0.1, 0.15) is 35.6 Å². The molecule has 1 unspecified atom stereocenters. The summed E-state index contributed by atoms with van der Waals surface area (Å²) in [6.45, 7) is 8.80. The van der Waals surface area contributed by atoms with Crippen molar-refractivity contribution in [1.29, 1.82) is 0 Å². The van der Waals surface area contributed by atoms with Gasteiger partial charge in [0.15, 0.2) is 0 Å². The van der Waals surface area contributed by atoms with Crippen molar-refractivity contribution in [3.63, 3.8) is 0 Å². The molecule has 34 heavy (non-hydrogen) atoms. The molecule has 5 rings (SSSR count). The molecule has 0 radical (unpaired) electrons. The zero-order valence-electron chi connectivity index (χ0n) is 20.2. The van der Waals surface area contributed by atoms with Gasteiger partial charge in [-0.05, 0) is 42.2 Å². The minimum absolute atomic E-state index is 0.0748. The summed E-state index contributed by atoms with van der Waals surface area (Å²) in [5.41, 5.74) is 11.0. The smallest absolute Gasteiger partial charge is 0.319 e. The number of aromatic nitrogens is 2. The number of aryl methyl sites for hydroxylation is 1. The van der Waals surface area contributed by atoms with Crippen LogP contribution in [0.3, 0.4) is 0 Å². The number of rotatable bonds is 5. The summed E-state index contributed by atoms with van der Waals surface area (Å²) >= 11 is 0. The predicted molar refractivity (Wildman–Crippen MR) is 136 cm³/mol. The summed E-state index contributed by atoms with van der Waals surface area (Å²) in [6.07, 6.45) is 1.28. The minimum atomic E-state index is -1.25. The number of carbonyl (C=O) groups excluding carboxylic acids is 1. The Balaban J connectivity index is 1.73. The van der Waals surface area contributed by atoms with Gasteiger partial charge in [0.1, 0.15) is 12.0 Å². The lowest BCUT2D eigenvalue weighted by Crippen LogP contribution is -2.47. The molecule has 0 saturated heterocycles. The van der Waals surface area contributed by atoms with E-state index in [9.17, 15) is 14.7 Å². The molecule has 2 aromatic heterocycles. The summed E-state index contributed by atoms with van der Waals surface area (Å²) < 4.78 is 7.03. The Labute approximate surface area is 199 Å². The number of nitrogens with two attached hydrogens (primary N) is 1. The van der Waals surface area contributed by atoms with Crippen LogP contribution in [0.25, 0.3) is 22.3 Å². The maximum atomic E-state index is 13.5. The van der Waals surface area contributed by atoms with Gasteiger partial charge in [-0.2, -0.15) is 0 Å². The molecular formula is C26H31N3O4Si. The molecule has 0 amide bonds. The SMILES string of the molecule is CCC1(CO)C(=O)OCc2c1cc1n(c2=O)Cc2cc3c(N)ccc(CC[Si](C)(C)C)c3nc2-1. The molecule has 1 atom stereocenters. The first kappa shape index (κ1) is 22.8. The lowest BCUT2D eigenvalue weighted by Gasteiger charge is -2.34. The Morgan fingerprint density at radius 3 is 2.68 bits per heavy atom. The van der Waals surface area contributed by atoms with Crippen LogP contribution in [-0.4, -0.2) is 35.3 Å². The second-order valence-electron chi connectivity index (χ2n) is 10.7.